The number of hydrogen-bond acceptors (Lipinski definition) is 8. The largest absolute Gasteiger partial charge is 0.497 e. The van der Waals surface area contributed by atoms with Crippen LogP contribution in [0.15, 0.2) is 42.9 Å². The molecule has 1 aliphatic heterocycles. The van der Waals surface area contributed by atoms with Gasteiger partial charge >= 0.3 is 6.09 Å². The molecule has 3 aromatic rings. The van der Waals surface area contributed by atoms with Crippen LogP contribution < -0.4 is 21.5 Å². The Morgan fingerprint density at radius 2 is 2.23 bits per heavy atom. The zero-order chi connectivity index (χ0) is 21.1. The van der Waals surface area contributed by atoms with Gasteiger partial charge in [0.1, 0.15) is 23.7 Å². The van der Waals surface area contributed by atoms with E-state index in [0.29, 0.717) is 18.9 Å². The number of piperidine rings is 1. The van der Waals surface area contributed by atoms with Crippen molar-refractivity contribution < 1.29 is 14.3 Å². The molecule has 30 heavy (non-hydrogen) atoms. The summed E-state index contributed by atoms with van der Waals surface area (Å²) in [4.78, 5) is 17.8. The van der Waals surface area contributed by atoms with E-state index in [0.717, 1.165) is 35.5 Å². The van der Waals surface area contributed by atoms with Crippen LogP contribution in [0.5, 0.6) is 5.75 Å². The highest BCUT2D eigenvalue weighted by atomic mass is 16.6. The van der Waals surface area contributed by atoms with Gasteiger partial charge in [0, 0.05) is 43.6 Å². The summed E-state index contributed by atoms with van der Waals surface area (Å²) in [6, 6.07) is 9.44. The molecule has 5 N–H and O–H groups in total. The van der Waals surface area contributed by atoms with Crippen LogP contribution >= 0.6 is 0 Å². The molecule has 2 aromatic heterocycles. The third kappa shape index (κ3) is 4.29. The van der Waals surface area contributed by atoms with Crippen molar-refractivity contribution in [3.8, 4) is 5.75 Å². The second-order valence-corrected chi connectivity index (χ2v) is 7.26. The summed E-state index contributed by atoms with van der Waals surface area (Å²) >= 11 is 0. The first-order chi connectivity index (χ1) is 14.5. The molecule has 4 rings (SSSR count). The minimum Gasteiger partial charge on any atom is -0.497 e. The Kier molecular flexibility index (Phi) is 5.68. The number of aromatic nitrogens is 3. The van der Waals surface area contributed by atoms with E-state index in [1.165, 1.54) is 6.33 Å². The maximum absolute atomic E-state index is 11.2. The van der Waals surface area contributed by atoms with Crippen LogP contribution in [0.1, 0.15) is 12.0 Å². The highest BCUT2D eigenvalue weighted by Crippen LogP contribution is 2.26. The van der Waals surface area contributed by atoms with Crippen LogP contribution in [0.25, 0.3) is 5.52 Å². The lowest BCUT2D eigenvalue weighted by Crippen LogP contribution is -2.52. The number of carbonyl (C=O) groups excluding carboxylic acids is 1. The molecule has 158 valence electrons. The number of likely N-dealkylation sites (tertiary alicyclic amines) is 1. The number of amides is 1. The Morgan fingerprint density at radius 3 is 3.03 bits per heavy atom. The molecule has 3 heterocycles. The van der Waals surface area contributed by atoms with E-state index in [9.17, 15) is 4.79 Å². The fourth-order valence-electron chi connectivity index (χ4n) is 3.73. The molecule has 10 heteroatoms. The minimum absolute atomic E-state index is 0.215. The highest BCUT2D eigenvalue weighted by molar-refractivity contribution is 5.76. The molecule has 2 atom stereocenters. The van der Waals surface area contributed by atoms with Crippen LogP contribution in [0.3, 0.4) is 0 Å². The SMILES string of the molecule is COc1cccc(Nc2ncnn3ccc(CN4CC[C@@H](N)[C@@H](OC(N)=O)C4)c23)c1. The van der Waals surface area contributed by atoms with E-state index >= 15 is 0 Å². The second kappa shape index (κ2) is 8.56. The van der Waals surface area contributed by atoms with Crippen molar-refractivity contribution in [2.75, 3.05) is 25.5 Å². The third-order valence-corrected chi connectivity index (χ3v) is 5.23. The first-order valence-electron chi connectivity index (χ1n) is 9.70. The average molecular weight is 411 g/mol. The van der Waals surface area contributed by atoms with Gasteiger partial charge in [-0.3, -0.25) is 4.90 Å². The van der Waals surface area contributed by atoms with Crippen molar-refractivity contribution in [3.05, 3.63) is 48.4 Å². The summed E-state index contributed by atoms with van der Waals surface area (Å²) in [5, 5.41) is 7.66. The van der Waals surface area contributed by atoms with E-state index in [1.807, 2.05) is 36.5 Å². The second-order valence-electron chi connectivity index (χ2n) is 7.26. The number of hydrogen-bond donors (Lipinski definition) is 3. The predicted molar refractivity (Wildman–Crippen MR) is 112 cm³/mol. The molecular formula is C20H25N7O3. The number of nitrogens with two attached hydrogens (primary N) is 2. The molecule has 0 aliphatic carbocycles. The molecular weight excluding hydrogens is 386 g/mol. The number of primary amides is 1. The van der Waals surface area contributed by atoms with E-state index in [1.54, 1.807) is 11.6 Å². The van der Waals surface area contributed by atoms with Gasteiger partial charge in [0.05, 0.1) is 7.11 Å². The van der Waals surface area contributed by atoms with Gasteiger partial charge in [-0.25, -0.2) is 14.3 Å². The Bertz CT molecular complexity index is 1040. The van der Waals surface area contributed by atoms with Crippen molar-refractivity contribution >= 4 is 23.1 Å². The van der Waals surface area contributed by atoms with Crippen molar-refractivity contribution in [2.45, 2.75) is 25.1 Å². The van der Waals surface area contributed by atoms with Gasteiger partial charge in [-0.1, -0.05) is 6.07 Å². The molecule has 1 saturated heterocycles. The quantitative estimate of drug-likeness (QED) is 0.555. The first kappa shape index (κ1) is 19.9. The van der Waals surface area contributed by atoms with E-state index in [-0.39, 0.29) is 6.04 Å². The van der Waals surface area contributed by atoms with Gasteiger partial charge in [-0.05, 0) is 30.2 Å². The van der Waals surface area contributed by atoms with Crippen molar-refractivity contribution in [1.29, 1.82) is 0 Å². The highest BCUT2D eigenvalue weighted by Gasteiger charge is 2.29. The molecule has 0 spiro atoms. The fraction of sp³-hybridized carbons (Fsp3) is 0.350. The molecule has 0 unspecified atom stereocenters. The molecule has 0 bridgehead atoms. The summed E-state index contributed by atoms with van der Waals surface area (Å²) in [7, 11) is 1.63. The Hall–Kier alpha value is -3.37. The Morgan fingerprint density at radius 1 is 1.37 bits per heavy atom. The lowest BCUT2D eigenvalue weighted by molar-refractivity contribution is 0.0313. The molecule has 1 amide bonds. The van der Waals surface area contributed by atoms with E-state index in [2.05, 4.69) is 20.3 Å². The van der Waals surface area contributed by atoms with Gasteiger partial charge in [0.25, 0.3) is 0 Å². The molecule has 1 aromatic carbocycles. The van der Waals surface area contributed by atoms with E-state index in [4.69, 9.17) is 20.9 Å². The Balaban J connectivity index is 1.57. The number of anilines is 2. The van der Waals surface area contributed by atoms with Crippen LogP contribution in [-0.2, 0) is 11.3 Å². The van der Waals surface area contributed by atoms with Gasteiger partial charge in [-0.15, -0.1) is 0 Å². The summed E-state index contributed by atoms with van der Waals surface area (Å²) in [5.74, 6) is 1.45. The Labute approximate surface area is 173 Å². The smallest absolute Gasteiger partial charge is 0.404 e. The zero-order valence-electron chi connectivity index (χ0n) is 16.7. The number of ether oxygens (including phenoxy) is 2. The number of rotatable bonds is 6. The minimum atomic E-state index is -0.801. The molecule has 0 saturated carbocycles. The summed E-state index contributed by atoms with van der Waals surface area (Å²) in [5.41, 5.74) is 14.1. The lowest BCUT2D eigenvalue weighted by atomic mass is 10.0. The van der Waals surface area contributed by atoms with Gasteiger partial charge in [0.15, 0.2) is 5.82 Å². The van der Waals surface area contributed by atoms with Gasteiger partial charge < -0.3 is 26.3 Å². The van der Waals surface area contributed by atoms with Crippen LogP contribution in [0.4, 0.5) is 16.3 Å². The number of nitrogens with zero attached hydrogens (tertiary/aromatic N) is 4. The van der Waals surface area contributed by atoms with E-state index < -0.39 is 12.2 Å². The monoisotopic (exact) mass is 411 g/mol. The maximum atomic E-state index is 11.2. The zero-order valence-corrected chi connectivity index (χ0v) is 16.7. The summed E-state index contributed by atoms with van der Waals surface area (Å²) in [6.45, 7) is 1.96. The number of benzene rings is 1. The predicted octanol–water partition coefficient (Wildman–Crippen LogP) is 1.48. The third-order valence-electron chi connectivity index (χ3n) is 5.23. The first-order valence-corrected chi connectivity index (χ1v) is 9.70. The molecule has 0 radical (unpaired) electrons. The van der Waals surface area contributed by atoms with Crippen molar-refractivity contribution in [3.63, 3.8) is 0 Å². The average Bonchev–Trinajstić information content (AvgIpc) is 3.14. The normalized spacial score (nSPS) is 19.5. The topological polar surface area (TPSA) is 133 Å². The van der Waals surface area contributed by atoms with Crippen LogP contribution in [-0.4, -0.2) is 57.9 Å². The molecule has 10 nitrogen and oxygen atoms in total. The maximum Gasteiger partial charge on any atom is 0.404 e. The van der Waals surface area contributed by atoms with Crippen molar-refractivity contribution in [2.24, 2.45) is 11.5 Å². The summed E-state index contributed by atoms with van der Waals surface area (Å²) < 4.78 is 12.3. The number of methoxy groups -OCH3 is 1. The lowest BCUT2D eigenvalue weighted by Gasteiger charge is -2.35. The van der Waals surface area contributed by atoms with Crippen molar-refractivity contribution in [1.82, 2.24) is 19.5 Å². The number of fused-ring (bicyclic) bond motifs is 1. The molecule has 1 aliphatic rings. The van der Waals surface area contributed by atoms with Gasteiger partial charge in [0.2, 0.25) is 0 Å². The fourth-order valence-corrected chi connectivity index (χ4v) is 3.73. The van der Waals surface area contributed by atoms with Crippen LogP contribution in [0.2, 0.25) is 0 Å². The number of nitrogens with one attached hydrogen (secondary N) is 1. The van der Waals surface area contributed by atoms with Crippen LogP contribution in [0, 0.1) is 0 Å². The number of carbonyl (C=O) groups is 1. The molecule has 1 fully saturated rings. The summed E-state index contributed by atoms with van der Waals surface area (Å²) in [6.07, 6.45) is 2.90. The van der Waals surface area contributed by atoms with Gasteiger partial charge in [-0.2, -0.15) is 5.10 Å². The standard InChI is InChI=1S/C20H25N7O3/c1-29-15-4-2-3-14(9-15)25-19-18-13(5-8-27(18)24-12-23-19)10-26-7-6-16(21)17(11-26)30-20(22)28/h2-5,8-9,12,16-17H,6-7,10-11,21H2,1H3,(H2,22,28)(H,23,24,25)/t16-,17+/m1/s1.